The molecule has 1 aliphatic carbocycles. The average Bonchev–Trinajstić information content (AvgIpc) is 3.08. The van der Waals surface area contributed by atoms with E-state index in [2.05, 4.69) is 15.3 Å². The lowest BCUT2D eigenvalue weighted by molar-refractivity contribution is -0.121. The first kappa shape index (κ1) is 18.9. The molecular weight excluding hydrogens is 378 g/mol. The molecule has 28 heavy (non-hydrogen) atoms. The number of aryl methyl sites for hydroxylation is 2. The number of hydrogen-bond donors (Lipinski definition) is 1. The number of thioether (sulfide) groups is 1. The molecule has 2 aromatic heterocycles. The molecule has 0 saturated carbocycles. The molecule has 0 spiro atoms. The van der Waals surface area contributed by atoms with Crippen molar-refractivity contribution >= 4 is 17.7 Å². The van der Waals surface area contributed by atoms with E-state index in [9.17, 15) is 14.4 Å². The van der Waals surface area contributed by atoms with Gasteiger partial charge in [-0.3, -0.25) is 23.5 Å². The minimum absolute atomic E-state index is 0.0277. The Kier molecular flexibility index (Phi) is 5.34. The van der Waals surface area contributed by atoms with E-state index in [-0.39, 0.29) is 29.5 Å². The highest BCUT2D eigenvalue weighted by Gasteiger charge is 2.30. The third kappa shape index (κ3) is 3.63. The van der Waals surface area contributed by atoms with Crippen LogP contribution in [-0.4, -0.2) is 37.3 Å². The molecule has 0 radical (unpaired) electrons. The fourth-order valence-electron chi connectivity index (χ4n) is 3.79. The highest BCUT2D eigenvalue weighted by atomic mass is 32.2. The molecular formula is C19H23N5O3S. The highest BCUT2D eigenvalue weighted by molar-refractivity contribution is 7.99. The Hall–Kier alpha value is -2.42. The van der Waals surface area contributed by atoms with Crippen LogP contribution in [0, 0.1) is 6.92 Å². The van der Waals surface area contributed by atoms with Crippen molar-refractivity contribution in [3.05, 3.63) is 50.1 Å². The predicted molar refractivity (Wildman–Crippen MR) is 106 cm³/mol. The molecule has 1 unspecified atom stereocenters. The number of amides is 1. The SMILES string of the molecule is Cc1cncn(CCNC(=O)CC2CSc3nc4c(c(=O)n32)CCCC4)c1=O. The van der Waals surface area contributed by atoms with Gasteiger partial charge in [0, 0.05) is 42.6 Å². The van der Waals surface area contributed by atoms with Crippen LogP contribution in [-0.2, 0) is 24.2 Å². The minimum atomic E-state index is -0.171. The third-order valence-electron chi connectivity index (χ3n) is 5.29. The normalized spacial score (nSPS) is 17.8. The van der Waals surface area contributed by atoms with Crippen LogP contribution in [0.5, 0.6) is 0 Å². The van der Waals surface area contributed by atoms with E-state index in [0.29, 0.717) is 24.4 Å². The van der Waals surface area contributed by atoms with Crippen LogP contribution in [0.15, 0.2) is 27.3 Å². The monoisotopic (exact) mass is 401 g/mol. The second-order valence-electron chi connectivity index (χ2n) is 7.30. The van der Waals surface area contributed by atoms with Gasteiger partial charge in [-0.25, -0.2) is 9.97 Å². The Bertz CT molecular complexity index is 1030. The van der Waals surface area contributed by atoms with Crippen molar-refractivity contribution < 1.29 is 4.79 Å². The summed E-state index contributed by atoms with van der Waals surface area (Å²) in [6.07, 6.45) is 6.99. The van der Waals surface area contributed by atoms with Crippen molar-refractivity contribution in [2.45, 2.75) is 56.8 Å². The molecule has 4 rings (SSSR count). The van der Waals surface area contributed by atoms with Crippen LogP contribution >= 0.6 is 11.8 Å². The van der Waals surface area contributed by atoms with Gasteiger partial charge in [-0.05, 0) is 32.6 Å². The Labute approximate surface area is 166 Å². The van der Waals surface area contributed by atoms with E-state index < -0.39 is 0 Å². The molecule has 2 aliphatic rings. The van der Waals surface area contributed by atoms with E-state index in [1.54, 1.807) is 23.3 Å². The second-order valence-corrected chi connectivity index (χ2v) is 8.28. The fourth-order valence-corrected chi connectivity index (χ4v) is 4.94. The predicted octanol–water partition coefficient (Wildman–Crippen LogP) is 0.841. The summed E-state index contributed by atoms with van der Waals surface area (Å²) in [5.74, 6) is 0.552. The Morgan fingerprint density at radius 3 is 2.96 bits per heavy atom. The van der Waals surface area contributed by atoms with Crippen molar-refractivity contribution in [3.63, 3.8) is 0 Å². The lowest BCUT2D eigenvalue weighted by Crippen LogP contribution is -2.35. The Morgan fingerprint density at radius 2 is 2.11 bits per heavy atom. The molecule has 8 nitrogen and oxygen atoms in total. The first-order valence-electron chi connectivity index (χ1n) is 9.59. The molecule has 2 aromatic rings. The van der Waals surface area contributed by atoms with Crippen molar-refractivity contribution in [1.82, 2.24) is 24.4 Å². The fraction of sp³-hybridized carbons (Fsp3) is 0.526. The summed E-state index contributed by atoms with van der Waals surface area (Å²) in [6.45, 7) is 2.42. The van der Waals surface area contributed by atoms with E-state index in [1.807, 2.05) is 0 Å². The number of carbonyl (C=O) groups excluding carboxylic acids is 1. The van der Waals surface area contributed by atoms with Crippen LogP contribution < -0.4 is 16.4 Å². The Morgan fingerprint density at radius 1 is 1.29 bits per heavy atom. The molecule has 0 bridgehead atoms. The summed E-state index contributed by atoms with van der Waals surface area (Å²) in [4.78, 5) is 45.9. The van der Waals surface area contributed by atoms with Crippen LogP contribution in [0.2, 0.25) is 0 Å². The van der Waals surface area contributed by atoms with E-state index in [4.69, 9.17) is 0 Å². The van der Waals surface area contributed by atoms with Gasteiger partial charge in [-0.1, -0.05) is 11.8 Å². The van der Waals surface area contributed by atoms with Gasteiger partial charge in [0.15, 0.2) is 5.16 Å². The molecule has 1 N–H and O–H groups in total. The molecule has 1 amide bonds. The summed E-state index contributed by atoms with van der Waals surface area (Å²) < 4.78 is 3.19. The average molecular weight is 401 g/mol. The standard InChI is InChI=1S/C19H23N5O3S/c1-12-9-20-11-23(17(12)26)7-6-21-16(25)8-13-10-28-19-22-15-5-3-2-4-14(15)18(27)24(13)19/h9,11,13H,2-8,10H2,1H3,(H,21,25). The molecule has 0 saturated heterocycles. The van der Waals surface area contributed by atoms with Gasteiger partial charge in [0.25, 0.3) is 11.1 Å². The van der Waals surface area contributed by atoms with Gasteiger partial charge < -0.3 is 5.32 Å². The number of fused-ring (bicyclic) bond motifs is 2. The largest absolute Gasteiger partial charge is 0.354 e. The van der Waals surface area contributed by atoms with Crippen LogP contribution in [0.3, 0.4) is 0 Å². The zero-order valence-electron chi connectivity index (χ0n) is 15.8. The maximum absolute atomic E-state index is 12.9. The summed E-state index contributed by atoms with van der Waals surface area (Å²) in [7, 11) is 0. The molecule has 148 valence electrons. The van der Waals surface area contributed by atoms with Gasteiger partial charge in [0.1, 0.15) is 0 Å². The van der Waals surface area contributed by atoms with Gasteiger partial charge in [-0.15, -0.1) is 0 Å². The third-order valence-corrected chi connectivity index (χ3v) is 6.39. The molecule has 9 heteroatoms. The second kappa shape index (κ2) is 7.90. The number of carbonyl (C=O) groups is 1. The maximum Gasteiger partial charge on any atom is 0.257 e. The molecule has 3 heterocycles. The van der Waals surface area contributed by atoms with Crippen LogP contribution in [0.25, 0.3) is 0 Å². The van der Waals surface area contributed by atoms with Crippen molar-refractivity contribution in [2.24, 2.45) is 0 Å². The van der Waals surface area contributed by atoms with E-state index in [1.165, 1.54) is 17.1 Å². The number of hydrogen-bond acceptors (Lipinski definition) is 6. The van der Waals surface area contributed by atoms with Gasteiger partial charge in [0.05, 0.1) is 18.1 Å². The van der Waals surface area contributed by atoms with Crippen molar-refractivity contribution in [3.8, 4) is 0 Å². The topological polar surface area (TPSA) is 98.9 Å². The zero-order valence-corrected chi connectivity index (χ0v) is 16.6. The van der Waals surface area contributed by atoms with Crippen LogP contribution in [0.1, 0.15) is 42.1 Å². The zero-order chi connectivity index (χ0) is 19.7. The summed E-state index contributed by atoms with van der Waals surface area (Å²) in [5, 5.41) is 3.58. The first-order chi connectivity index (χ1) is 13.5. The lowest BCUT2D eigenvalue weighted by Gasteiger charge is -2.18. The number of aromatic nitrogens is 4. The molecule has 1 aliphatic heterocycles. The smallest absolute Gasteiger partial charge is 0.257 e. The number of rotatable bonds is 5. The van der Waals surface area contributed by atoms with Gasteiger partial charge in [-0.2, -0.15) is 0 Å². The molecule has 1 atom stereocenters. The van der Waals surface area contributed by atoms with Gasteiger partial charge >= 0.3 is 0 Å². The highest BCUT2D eigenvalue weighted by Crippen LogP contribution is 2.33. The number of nitrogens with one attached hydrogen (secondary N) is 1. The summed E-state index contributed by atoms with van der Waals surface area (Å²) in [6, 6.07) is -0.171. The van der Waals surface area contributed by atoms with Gasteiger partial charge in [0.2, 0.25) is 5.91 Å². The molecule has 0 fully saturated rings. The number of nitrogens with zero attached hydrogens (tertiary/aromatic N) is 4. The summed E-state index contributed by atoms with van der Waals surface area (Å²) in [5.41, 5.74) is 2.27. The summed E-state index contributed by atoms with van der Waals surface area (Å²) >= 11 is 1.55. The minimum Gasteiger partial charge on any atom is -0.354 e. The van der Waals surface area contributed by atoms with E-state index in [0.717, 1.165) is 42.1 Å². The first-order valence-corrected chi connectivity index (χ1v) is 10.6. The van der Waals surface area contributed by atoms with Crippen molar-refractivity contribution in [2.75, 3.05) is 12.3 Å². The van der Waals surface area contributed by atoms with Crippen molar-refractivity contribution in [1.29, 1.82) is 0 Å². The van der Waals surface area contributed by atoms with E-state index >= 15 is 0 Å². The quantitative estimate of drug-likeness (QED) is 0.746. The molecule has 0 aromatic carbocycles. The lowest BCUT2D eigenvalue weighted by atomic mass is 9.97. The van der Waals surface area contributed by atoms with Crippen LogP contribution in [0.4, 0.5) is 0 Å². The Balaban J connectivity index is 1.40. The maximum atomic E-state index is 12.9.